The van der Waals surface area contributed by atoms with Crippen LogP contribution in [0.5, 0.6) is 5.75 Å². The van der Waals surface area contributed by atoms with Crippen molar-refractivity contribution in [3.05, 3.63) is 52.1 Å². The minimum Gasteiger partial charge on any atom is -0.494 e. The average molecular weight is 390 g/mol. The number of benzene rings is 1. The third-order valence-electron chi connectivity index (χ3n) is 4.03. The lowest BCUT2D eigenvalue weighted by Crippen LogP contribution is -2.24. The van der Waals surface area contributed by atoms with Crippen molar-refractivity contribution in [2.75, 3.05) is 38.5 Å². The summed E-state index contributed by atoms with van der Waals surface area (Å²) >= 11 is 0. The standard InChI is InChI=1S/C19H31N7O2/c20-3-5-23-13-15-10-16(14-24-6-4-21)12-17(11-15)28-9-1-7-26-8-2-18(22)25-19(26)27/h2,8,10-12,23-24H,1,3-7,9,13-14,20-21H2,(H2,22,25,27). The molecule has 28 heavy (non-hydrogen) atoms. The number of aryl methyl sites for hydroxylation is 1. The fraction of sp³-hybridized carbons (Fsp3) is 0.474. The van der Waals surface area contributed by atoms with E-state index < -0.39 is 0 Å². The Hall–Kier alpha value is -2.46. The molecular weight excluding hydrogens is 358 g/mol. The number of aromatic nitrogens is 2. The summed E-state index contributed by atoms with van der Waals surface area (Å²) in [4.78, 5) is 15.5. The summed E-state index contributed by atoms with van der Waals surface area (Å²) < 4.78 is 7.44. The number of hydrogen-bond acceptors (Lipinski definition) is 8. The molecule has 0 amide bonds. The van der Waals surface area contributed by atoms with Crippen LogP contribution in [0.25, 0.3) is 0 Å². The molecule has 0 aliphatic carbocycles. The number of hydrogen-bond donors (Lipinski definition) is 5. The van der Waals surface area contributed by atoms with Gasteiger partial charge in [-0.05, 0) is 35.7 Å². The summed E-state index contributed by atoms with van der Waals surface area (Å²) in [5, 5.41) is 6.59. The molecule has 1 aromatic carbocycles. The number of nitrogens with one attached hydrogen (secondary N) is 2. The molecule has 1 heterocycles. The van der Waals surface area contributed by atoms with Gasteiger partial charge in [0.15, 0.2) is 0 Å². The number of anilines is 1. The molecule has 0 aliphatic rings. The normalized spacial score (nSPS) is 10.9. The third kappa shape index (κ3) is 7.65. The van der Waals surface area contributed by atoms with Crippen molar-refractivity contribution < 1.29 is 4.74 Å². The first kappa shape index (κ1) is 21.8. The Balaban J connectivity index is 1.92. The van der Waals surface area contributed by atoms with Gasteiger partial charge in [0, 0.05) is 52.0 Å². The molecule has 9 nitrogen and oxygen atoms in total. The van der Waals surface area contributed by atoms with Crippen LogP contribution in [0.4, 0.5) is 5.82 Å². The van der Waals surface area contributed by atoms with E-state index in [4.69, 9.17) is 21.9 Å². The summed E-state index contributed by atoms with van der Waals surface area (Å²) in [6.07, 6.45) is 2.33. The fourth-order valence-corrected chi connectivity index (χ4v) is 2.72. The lowest BCUT2D eigenvalue weighted by atomic mass is 10.1. The van der Waals surface area contributed by atoms with Crippen LogP contribution >= 0.6 is 0 Å². The first-order valence-electron chi connectivity index (χ1n) is 9.52. The molecule has 0 saturated carbocycles. The zero-order valence-electron chi connectivity index (χ0n) is 16.2. The summed E-state index contributed by atoms with van der Waals surface area (Å²) in [6.45, 7) is 5.18. The Labute approximate surface area is 165 Å². The molecule has 2 rings (SSSR count). The highest BCUT2D eigenvalue weighted by molar-refractivity contribution is 5.34. The first-order valence-corrected chi connectivity index (χ1v) is 9.52. The summed E-state index contributed by atoms with van der Waals surface area (Å²) in [6, 6.07) is 7.79. The van der Waals surface area contributed by atoms with E-state index in [0.29, 0.717) is 32.7 Å². The Morgan fingerprint density at radius 2 is 1.68 bits per heavy atom. The Bertz CT molecular complexity index is 751. The predicted octanol–water partition coefficient (Wildman–Crippen LogP) is -0.609. The van der Waals surface area contributed by atoms with Crippen LogP contribution in [0, 0.1) is 0 Å². The van der Waals surface area contributed by atoms with Gasteiger partial charge in [0.25, 0.3) is 0 Å². The number of rotatable bonds is 13. The predicted molar refractivity (Wildman–Crippen MR) is 111 cm³/mol. The third-order valence-corrected chi connectivity index (χ3v) is 4.03. The minimum atomic E-state index is -0.346. The van der Waals surface area contributed by atoms with Crippen LogP contribution in [-0.2, 0) is 19.6 Å². The Kier molecular flexibility index (Phi) is 9.43. The van der Waals surface area contributed by atoms with Crippen molar-refractivity contribution in [1.29, 1.82) is 0 Å². The summed E-state index contributed by atoms with van der Waals surface area (Å²) in [7, 11) is 0. The van der Waals surface area contributed by atoms with Crippen molar-refractivity contribution in [3.63, 3.8) is 0 Å². The summed E-state index contributed by atoms with van der Waals surface area (Å²) in [5.41, 5.74) is 18.5. The summed E-state index contributed by atoms with van der Waals surface area (Å²) in [5.74, 6) is 1.03. The van der Waals surface area contributed by atoms with Crippen LogP contribution in [0.1, 0.15) is 17.5 Å². The van der Waals surface area contributed by atoms with Gasteiger partial charge in [-0.1, -0.05) is 6.07 Å². The zero-order valence-corrected chi connectivity index (χ0v) is 16.2. The van der Waals surface area contributed by atoms with Gasteiger partial charge in [-0.15, -0.1) is 0 Å². The van der Waals surface area contributed by atoms with Crippen molar-refractivity contribution in [2.24, 2.45) is 11.5 Å². The number of nitrogens with two attached hydrogens (primary N) is 3. The van der Waals surface area contributed by atoms with Gasteiger partial charge in [-0.2, -0.15) is 4.98 Å². The Morgan fingerprint density at radius 1 is 1.04 bits per heavy atom. The first-order chi connectivity index (χ1) is 13.6. The largest absolute Gasteiger partial charge is 0.494 e. The van der Waals surface area contributed by atoms with Gasteiger partial charge in [-0.25, -0.2) is 4.79 Å². The number of nitrogens with zero attached hydrogens (tertiary/aromatic N) is 2. The Morgan fingerprint density at radius 3 is 2.25 bits per heavy atom. The lowest BCUT2D eigenvalue weighted by Gasteiger charge is -2.13. The molecule has 0 unspecified atom stereocenters. The van der Waals surface area contributed by atoms with E-state index in [1.807, 2.05) is 12.1 Å². The van der Waals surface area contributed by atoms with Crippen molar-refractivity contribution in [3.8, 4) is 5.75 Å². The minimum absolute atomic E-state index is 0.230. The number of ether oxygens (including phenoxy) is 1. The molecule has 2 aromatic rings. The van der Waals surface area contributed by atoms with E-state index in [-0.39, 0.29) is 11.5 Å². The highest BCUT2D eigenvalue weighted by Crippen LogP contribution is 2.18. The molecule has 0 aliphatic heterocycles. The molecule has 0 atom stereocenters. The van der Waals surface area contributed by atoms with Crippen LogP contribution < -0.4 is 38.3 Å². The lowest BCUT2D eigenvalue weighted by molar-refractivity contribution is 0.300. The molecule has 0 radical (unpaired) electrons. The zero-order chi connectivity index (χ0) is 20.2. The van der Waals surface area contributed by atoms with Crippen molar-refractivity contribution in [1.82, 2.24) is 20.2 Å². The second-order valence-corrected chi connectivity index (χ2v) is 6.45. The van der Waals surface area contributed by atoms with Gasteiger partial charge >= 0.3 is 5.69 Å². The van der Waals surface area contributed by atoms with Gasteiger partial charge in [0.2, 0.25) is 0 Å². The van der Waals surface area contributed by atoms with Crippen molar-refractivity contribution >= 4 is 5.82 Å². The SMILES string of the molecule is NCCNCc1cc(CNCCN)cc(OCCCn2ccc(N)nc2=O)c1. The maximum atomic E-state index is 11.7. The van der Waals surface area contributed by atoms with Crippen LogP contribution in [0.15, 0.2) is 35.3 Å². The highest BCUT2D eigenvalue weighted by Gasteiger charge is 2.04. The maximum Gasteiger partial charge on any atom is 0.349 e. The molecule has 0 fully saturated rings. The van der Waals surface area contributed by atoms with Gasteiger partial charge < -0.3 is 32.6 Å². The quantitative estimate of drug-likeness (QED) is 0.285. The van der Waals surface area contributed by atoms with E-state index in [2.05, 4.69) is 21.7 Å². The second kappa shape index (κ2) is 12.1. The van der Waals surface area contributed by atoms with E-state index in [1.54, 1.807) is 12.3 Å². The fourth-order valence-electron chi connectivity index (χ4n) is 2.72. The molecule has 0 saturated heterocycles. The monoisotopic (exact) mass is 389 g/mol. The molecule has 0 bridgehead atoms. The number of nitrogen functional groups attached to an aromatic ring is 1. The van der Waals surface area contributed by atoms with E-state index in [9.17, 15) is 4.79 Å². The van der Waals surface area contributed by atoms with Gasteiger partial charge in [0.05, 0.1) is 6.61 Å². The molecular formula is C19H31N7O2. The van der Waals surface area contributed by atoms with E-state index >= 15 is 0 Å². The highest BCUT2D eigenvalue weighted by atomic mass is 16.5. The second-order valence-electron chi connectivity index (χ2n) is 6.45. The maximum absolute atomic E-state index is 11.7. The molecule has 1 aromatic heterocycles. The van der Waals surface area contributed by atoms with E-state index in [1.165, 1.54) is 4.57 Å². The molecule has 8 N–H and O–H groups in total. The van der Waals surface area contributed by atoms with Crippen LogP contribution in [0.3, 0.4) is 0 Å². The van der Waals surface area contributed by atoms with Gasteiger partial charge in [-0.3, -0.25) is 4.57 Å². The molecule has 9 heteroatoms. The average Bonchev–Trinajstić information content (AvgIpc) is 2.67. The van der Waals surface area contributed by atoms with Gasteiger partial charge in [0.1, 0.15) is 11.6 Å². The smallest absolute Gasteiger partial charge is 0.349 e. The van der Waals surface area contributed by atoms with Crippen LogP contribution in [-0.4, -0.2) is 42.3 Å². The molecule has 154 valence electrons. The van der Waals surface area contributed by atoms with E-state index in [0.717, 1.165) is 43.1 Å². The molecule has 0 spiro atoms. The van der Waals surface area contributed by atoms with Crippen LogP contribution in [0.2, 0.25) is 0 Å². The topological polar surface area (TPSA) is 146 Å². The van der Waals surface area contributed by atoms with Crippen molar-refractivity contribution in [2.45, 2.75) is 26.1 Å².